The number of ether oxygens (including phenoxy) is 1. The summed E-state index contributed by atoms with van der Waals surface area (Å²) in [5, 5.41) is 4.07. The van der Waals surface area contributed by atoms with Crippen LogP contribution in [0.2, 0.25) is 0 Å². The molecule has 0 aliphatic carbocycles. The van der Waals surface area contributed by atoms with Crippen LogP contribution in [0.4, 0.5) is 5.69 Å². The summed E-state index contributed by atoms with van der Waals surface area (Å²) in [6.45, 7) is 0. The normalized spacial score (nSPS) is 10.4. The summed E-state index contributed by atoms with van der Waals surface area (Å²) in [7, 11) is 3.39. The molecular weight excluding hydrogens is 242 g/mol. The third-order valence-electron chi connectivity index (χ3n) is 2.99. The van der Waals surface area contributed by atoms with E-state index in [4.69, 9.17) is 10.5 Å². The van der Waals surface area contributed by atoms with E-state index in [0.717, 1.165) is 5.56 Å². The Bertz CT molecular complexity index is 590. The van der Waals surface area contributed by atoms with Crippen LogP contribution in [-0.4, -0.2) is 22.7 Å². The molecule has 0 fully saturated rings. The third-order valence-corrected chi connectivity index (χ3v) is 2.99. The Hall–Kier alpha value is -2.30. The van der Waals surface area contributed by atoms with Gasteiger partial charge in [-0.15, -0.1) is 0 Å². The lowest BCUT2D eigenvalue weighted by atomic mass is 10.0. The quantitative estimate of drug-likeness (QED) is 0.657. The number of nitrogens with two attached hydrogens (primary N) is 1. The maximum Gasteiger partial charge on any atom is 0.165 e. The number of carbonyl (C=O) groups excluding carboxylic acids is 1. The summed E-state index contributed by atoms with van der Waals surface area (Å²) in [4.78, 5) is 12.2. The smallest absolute Gasteiger partial charge is 0.165 e. The molecule has 0 saturated carbocycles. The van der Waals surface area contributed by atoms with Crippen molar-refractivity contribution >= 4 is 11.5 Å². The van der Waals surface area contributed by atoms with Gasteiger partial charge in [-0.3, -0.25) is 9.48 Å². The number of nitrogens with zero attached hydrogens (tertiary/aromatic N) is 2. The van der Waals surface area contributed by atoms with Crippen LogP contribution >= 0.6 is 0 Å². The minimum absolute atomic E-state index is 0.0141. The summed E-state index contributed by atoms with van der Waals surface area (Å²) in [6.07, 6.45) is 4.73. The van der Waals surface area contributed by atoms with E-state index < -0.39 is 0 Å². The van der Waals surface area contributed by atoms with Gasteiger partial charge in [-0.25, -0.2) is 0 Å². The number of carbonyl (C=O) groups is 1. The lowest BCUT2D eigenvalue weighted by Gasteiger charge is -2.08. The first-order chi connectivity index (χ1) is 9.11. The molecule has 1 heterocycles. The van der Waals surface area contributed by atoms with E-state index in [2.05, 4.69) is 5.10 Å². The number of nitrogen functional groups attached to an aromatic ring is 1. The van der Waals surface area contributed by atoms with Crippen molar-refractivity contribution in [2.45, 2.75) is 12.8 Å². The second kappa shape index (κ2) is 5.56. The number of para-hydroxylation sites is 1. The second-order valence-electron chi connectivity index (χ2n) is 4.37. The van der Waals surface area contributed by atoms with Crippen LogP contribution in [0.1, 0.15) is 22.3 Å². The SMILES string of the molecule is COc1cccc(C(=O)CCc2cnn(C)c2)c1N. The number of aryl methyl sites for hydroxylation is 2. The molecule has 100 valence electrons. The molecule has 0 atom stereocenters. The van der Waals surface area contributed by atoms with Gasteiger partial charge in [0.1, 0.15) is 5.75 Å². The van der Waals surface area contributed by atoms with Crippen LogP contribution in [-0.2, 0) is 13.5 Å². The highest BCUT2D eigenvalue weighted by Crippen LogP contribution is 2.25. The molecule has 0 spiro atoms. The molecule has 1 aromatic carbocycles. The van der Waals surface area contributed by atoms with Crippen LogP contribution in [0.15, 0.2) is 30.6 Å². The Morgan fingerprint density at radius 2 is 2.26 bits per heavy atom. The molecular formula is C14H17N3O2. The van der Waals surface area contributed by atoms with E-state index >= 15 is 0 Å². The van der Waals surface area contributed by atoms with Gasteiger partial charge in [0.05, 0.1) is 19.0 Å². The number of Topliss-reactive ketones (excluding diaryl/α,β-unsaturated/α-hetero) is 1. The highest BCUT2D eigenvalue weighted by Gasteiger charge is 2.13. The zero-order chi connectivity index (χ0) is 13.8. The van der Waals surface area contributed by atoms with Gasteiger partial charge in [0.25, 0.3) is 0 Å². The second-order valence-corrected chi connectivity index (χ2v) is 4.37. The van der Waals surface area contributed by atoms with Gasteiger partial charge in [0.2, 0.25) is 0 Å². The minimum atomic E-state index is 0.0141. The topological polar surface area (TPSA) is 70.1 Å². The summed E-state index contributed by atoms with van der Waals surface area (Å²) < 4.78 is 6.83. The third kappa shape index (κ3) is 2.93. The number of ketones is 1. The first-order valence-corrected chi connectivity index (χ1v) is 6.05. The van der Waals surface area contributed by atoms with Crippen LogP contribution in [0.5, 0.6) is 5.75 Å². The lowest BCUT2D eigenvalue weighted by molar-refractivity contribution is 0.0983. The van der Waals surface area contributed by atoms with Gasteiger partial charge < -0.3 is 10.5 Å². The fourth-order valence-corrected chi connectivity index (χ4v) is 1.96. The number of methoxy groups -OCH3 is 1. The largest absolute Gasteiger partial charge is 0.495 e. The average Bonchev–Trinajstić information content (AvgIpc) is 2.82. The molecule has 2 rings (SSSR count). The lowest BCUT2D eigenvalue weighted by Crippen LogP contribution is -2.06. The molecule has 0 bridgehead atoms. The van der Waals surface area contributed by atoms with Crippen molar-refractivity contribution in [1.29, 1.82) is 0 Å². The molecule has 5 nitrogen and oxygen atoms in total. The van der Waals surface area contributed by atoms with E-state index in [1.54, 1.807) is 29.1 Å². The van der Waals surface area contributed by atoms with Gasteiger partial charge in [0.15, 0.2) is 5.78 Å². The molecule has 0 radical (unpaired) electrons. The summed E-state index contributed by atoms with van der Waals surface area (Å²) in [6, 6.07) is 5.24. The first-order valence-electron chi connectivity index (χ1n) is 6.05. The van der Waals surface area contributed by atoms with E-state index in [0.29, 0.717) is 29.8 Å². The minimum Gasteiger partial charge on any atom is -0.495 e. The summed E-state index contributed by atoms with van der Waals surface area (Å²) in [5.41, 5.74) is 7.87. The van der Waals surface area contributed by atoms with E-state index in [-0.39, 0.29) is 5.78 Å². The number of benzene rings is 1. The van der Waals surface area contributed by atoms with Crippen molar-refractivity contribution in [3.05, 3.63) is 41.7 Å². The predicted molar refractivity (Wildman–Crippen MR) is 73.3 cm³/mol. The molecule has 5 heteroatoms. The van der Waals surface area contributed by atoms with E-state index in [9.17, 15) is 4.79 Å². The van der Waals surface area contributed by atoms with Crippen LogP contribution < -0.4 is 10.5 Å². The molecule has 0 aliphatic rings. The van der Waals surface area contributed by atoms with Crippen LogP contribution in [0.3, 0.4) is 0 Å². The molecule has 0 aliphatic heterocycles. The first kappa shape index (κ1) is 13.1. The average molecular weight is 259 g/mol. The number of hydrogen-bond acceptors (Lipinski definition) is 4. The Morgan fingerprint density at radius 3 is 2.89 bits per heavy atom. The van der Waals surface area contributed by atoms with Crippen molar-refractivity contribution in [3.63, 3.8) is 0 Å². The Labute approximate surface area is 112 Å². The molecule has 0 unspecified atom stereocenters. The molecule has 1 aromatic heterocycles. The fraction of sp³-hybridized carbons (Fsp3) is 0.286. The Balaban J connectivity index is 2.08. The summed E-state index contributed by atoms with van der Waals surface area (Å²) >= 11 is 0. The maximum absolute atomic E-state index is 12.2. The van der Waals surface area contributed by atoms with Crippen molar-refractivity contribution < 1.29 is 9.53 Å². The van der Waals surface area contributed by atoms with Gasteiger partial charge in [0, 0.05) is 25.2 Å². The van der Waals surface area contributed by atoms with Crippen molar-refractivity contribution in [2.75, 3.05) is 12.8 Å². The molecule has 2 aromatic rings. The van der Waals surface area contributed by atoms with Gasteiger partial charge in [-0.2, -0.15) is 5.10 Å². The van der Waals surface area contributed by atoms with Gasteiger partial charge in [-0.1, -0.05) is 6.07 Å². The zero-order valence-corrected chi connectivity index (χ0v) is 11.1. The maximum atomic E-state index is 12.2. The zero-order valence-electron chi connectivity index (χ0n) is 11.1. The molecule has 0 amide bonds. The van der Waals surface area contributed by atoms with Crippen molar-refractivity contribution in [3.8, 4) is 5.75 Å². The monoisotopic (exact) mass is 259 g/mol. The number of hydrogen-bond donors (Lipinski definition) is 1. The Kier molecular flexibility index (Phi) is 3.85. The van der Waals surface area contributed by atoms with Crippen molar-refractivity contribution in [2.24, 2.45) is 7.05 Å². The van der Waals surface area contributed by atoms with Gasteiger partial charge >= 0.3 is 0 Å². The van der Waals surface area contributed by atoms with Gasteiger partial charge in [-0.05, 0) is 24.1 Å². The number of rotatable bonds is 5. The van der Waals surface area contributed by atoms with E-state index in [1.807, 2.05) is 13.2 Å². The number of anilines is 1. The van der Waals surface area contributed by atoms with Crippen molar-refractivity contribution in [1.82, 2.24) is 9.78 Å². The van der Waals surface area contributed by atoms with Crippen LogP contribution in [0.25, 0.3) is 0 Å². The highest BCUT2D eigenvalue weighted by molar-refractivity contribution is 6.01. The van der Waals surface area contributed by atoms with Crippen LogP contribution in [0, 0.1) is 0 Å². The number of aromatic nitrogens is 2. The Morgan fingerprint density at radius 1 is 1.47 bits per heavy atom. The molecule has 0 saturated heterocycles. The highest BCUT2D eigenvalue weighted by atomic mass is 16.5. The van der Waals surface area contributed by atoms with E-state index in [1.165, 1.54) is 7.11 Å². The molecule has 19 heavy (non-hydrogen) atoms. The fourth-order valence-electron chi connectivity index (χ4n) is 1.96. The predicted octanol–water partition coefficient (Wildman–Crippen LogP) is 1.83. The molecule has 2 N–H and O–H groups in total. The summed E-state index contributed by atoms with van der Waals surface area (Å²) in [5.74, 6) is 0.549. The standard InChI is InChI=1S/C14H17N3O2/c1-17-9-10(8-16-17)6-7-12(18)11-4-3-5-13(19-2)14(11)15/h3-5,8-9H,6-7,15H2,1-2H3.